The van der Waals surface area contributed by atoms with E-state index in [4.69, 9.17) is 4.74 Å². The maximum atomic E-state index is 13.8. The Kier molecular flexibility index (Phi) is 3.59. The molecule has 108 valence electrons. The van der Waals surface area contributed by atoms with Crippen LogP contribution in [-0.4, -0.2) is 4.98 Å². The molecule has 0 amide bonds. The lowest BCUT2D eigenvalue weighted by atomic mass is 10.2. The van der Waals surface area contributed by atoms with Gasteiger partial charge in [0.15, 0.2) is 11.6 Å². The molecule has 21 heavy (non-hydrogen) atoms. The topological polar surface area (TPSA) is 22.1 Å². The number of fused-ring (bicyclic) bond motifs is 1. The van der Waals surface area contributed by atoms with Crippen LogP contribution in [0.25, 0.3) is 10.2 Å². The second-order valence-corrected chi connectivity index (χ2v) is 5.97. The van der Waals surface area contributed by atoms with Gasteiger partial charge in [-0.3, -0.25) is 0 Å². The second kappa shape index (κ2) is 5.41. The minimum atomic E-state index is -0.660. The first-order chi connectivity index (χ1) is 10.0. The quantitative estimate of drug-likeness (QED) is 0.695. The van der Waals surface area contributed by atoms with Crippen molar-refractivity contribution in [2.45, 2.75) is 20.5 Å². The first-order valence-electron chi connectivity index (χ1n) is 6.48. The third-order valence-corrected chi connectivity index (χ3v) is 4.23. The number of hydrogen-bond donors (Lipinski definition) is 0. The van der Waals surface area contributed by atoms with Crippen molar-refractivity contribution in [3.63, 3.8) is 0 Å². The molecule has 0 radical (unpaired) electrons. The van der Waals surface area contributed by atoms with Gasteiger partial charge in [-0.1, -0.05) is 6.07 Å². The van der Waals surface area contributed by atoms with Gasteiger partial charge in [-0.2, -0.15) is 0 Å². The van der Waals surface area contributed by atoms with E-state index in [0.29, 0.717) is 0 Å². The second-order valence-electron chi connectivity index (χ2n) is 4.85. The predicted octanol–water partition coefficient (Wildman–Crippen LogP) is 4.77. The molecule has 3 aromatic rings. The lowest BCUT2D eigenvalue weighted by molar-refractivity contribution is 0.288. The molecule has 0 spiro atoms. The molecule has 0 fully saturated rings. The van der Waals surface area contributed by atoms with E-state index in [9.17, 15) is 8.78 Å². The van der Waals surface area contributed by atoms with Gasteiger partial charge in [0.05, 0.1) is 10.2 Å². The highest BCUT2D eigenvalue weighted by molar-refractivity contribution is 7.18. The zero-order valence-electron chi connectivity index (χ0n) is 11.6. The van der Waals surface area contributed by atoms with Crippen LogP contribution < -0.4 is 4.74 Å². The van der Waals surface area contributed by atoms with Crippen molar-refractivity contribution in [2.24, 2.45) is 0 Å². The third-order valence-electron chi connectivity index (χ3n) is 3.22. The van der Waals surface area contributed by atoms with Crippen LogP contribution in [0.3, 0.4) is 0 Å². The van der Waals surface area contributed by atoms with Gasteiger partial charge in [-0.25, -0.2) is 13.8 Å². The Labute approximate surface area is 125 Å². The molecule has 0 saturated carbocycles. The highest BCUT2D eigenvalue weighted by Gasteiger charge is 2.12. The summed E-state index contributed by atoms with van der Waals surface area (Å²) in [6.45, 7) is 3.56. The van der Waals surface area contributed by atoms with E-state index in [1.54, 1.807) is 0 Å². The highest BCUT2D eigenvalue weighted by Crippen LogP contribution is 2.26. The van der Waals surface area contributed by atoms with Gasteiger partial charge < -0.3 is 4.74 Å². The average Bonchev–Trinajstić information content (AvgIpc) is 2.86. The van der Waals surface area contributed by atoms with Crippen LogP contribution in [0.5, 0.6) is 5.75 Å². The number of thiazole rings is 1. The maximum absolute atomic E-state index is 13.8. The number of halogens is 2. The van der Waals surface area contributed by atoms with Gasteiger partial charge in [0.25, 0.3) is 0 Å². The molecule has 0 aliphatic rings. The molecule has 0 atom stereocenters. The van der Waals surface area contributed by atoms with E-state index < -0.39 is 11.6 Å². The summed E-state index contributed by atoms with van der Waals surface area (Å²) in [6.07, 6.45) is 0. The smallest absolute Gasteiger partial charge is 0.170 e. The molecule has 0 saturated heterocycles. The van der Waals surface area contributed by atoms with E-state index in [0.717, 1.165) is 20.8 Å². The minimum Gasteiger partial charge on any atom is -0.483 e. The molecule has 1 aromatic heterocycles. The Morgan fingerprint density at radius 2 is 1.95 bits per heavy atom. The van der Waals surface area contributed by atoms with Gasteiger partial charge in [0, 0.05) is 5.56 Å². The Morgan fingerprint density at radius 3 is 2.76 bits per heavy atom. The van der Waals surface area contributed by atoms with Gasteiger partial charge in [-0.15, -0.1) is 11.3 Å². The van der Waals surface area contributed by atoms with Crippen molar-refractivity contribution in [3.8, 4) is 5.75 Å². The first-order valence-corrected chi connectivity index (χ1v) is 7.29. The third kappa shape index (κ3) is 2.74. The predicted molar refractivity (Wildman–Crippen MR) is 79.8 cm³/mol. The van der Waals surface area contributed by atoms with E-state index >= 15 is 0 Å². The fraction of sp³-hybridized carbons (Fsp3) is 0.188. The average molecular weight is 305 g/mol. The SMILES string of the molecule is Cc1ccc2sc(COc3ccc(F)c(C)c3F)nc2c1. The van der Waals surface area contributed by atoms with Crippen LogP contribution in [0.2, 0.25) is 0 Å². The van der Waals surface area contributed by atoms with Crippen LogP contribution >= 0.6 is 11.3 Å². The number of aryl methyl sites for hydroxylation is 1. The molecule has 2 nitrogen and oxygen atoms in total. The standard InChI is InChI=1S/C16H13F2NOS/c1-9-3-6-14-12(7-9)19-15(21-14)8-20-13-5-4-11(17)10(2)16(13)18/h3-7H,8H2,1-2H3. The molecule has 1 heterocycles. The van der Waals surface area contributed by atoms with E-state index in [-0.39, 0.29) is 17.9 Å². The highest BCUT2D eigenvalue weighted by atomic mass is 32.1. The molecule has 0 N–H and O–H groups in total. The van der Waals surface area contributed by atoms with Gasteiger partial charge in [-0.05, 0) is 43.7 Å². The largest absolute Gasteiger partial charge is 0.483 e. The Bertz CT molecular complexity index is 813. The van der Waals surface area contributed by atoms with Crippen molar-refractivity contribution in [3.05, 3.63) is 58.1 Å². The molecule has 0 aliphatic heterocycles. The molecule has 0 unspecified atom stereocenters. The zero-order valence-corrected chi connectivity index (χ0v) is 12.4. The Hall–Kier alpha value is -2.01. The fourth-order valence-corrected chi connectivity index (χ4v) is 2.90. The summed E-state index contributed by atoms with van der Waals surface area (Å²) in [5, 5.41) is 0.761. The molecule has 0 bridgehead atoms. The number of benzene rings is 2. The van der Waals surface area contributed by atoms with Crippen LogP contribution in [0.1, 0.15) is 16.1 Å². The van der Waals surface area contributed by atoms with Crippen molar-refractivity contribution >= 4 is 21.6 Å². The van der Waals surface area contributed by atoms with Crippen LogP contribution in [0.4, 0.5) is 8.78 Å². The summed E-state index contributed by atoms with van der Waals surface area (Å²) in [5.41, 5.74) is 2.02. The summed E-state index contributed by atoms with van der Waals surface area (Å²) >= 11 is 1.51. The van der Waals surface area contributed by atoms with E-state index in [1.807, 2.05) is 25.1 Å². The molecule has 0 aliphatic carbocycles. The van der Waals surface area contributed by atoms with Crippen LogP contribution in [-0.2, 0) is 6.61 Å². The number of hydrogen-bond acceptors (Lipinski definition) is 3. The van der Waals surface area contributed by atoms with E-state index in [2.05, 4.69) is 4.98 Å². The molecule has 5 heteroatoms. The molecule has 3 rings (SSSR count). The Balaban J connectivity index is 1.82. The van der Waals surface area contributed by atoms with Crippen molar-refractivity contribution in [1.82, 2.24) is 4.98 Å². The zero-order chi connectivity index (χ0) is 15.0. The van der Waals surface area contributed by atoms with Gasteiger partial charge in [0.1, 0.15) is 17.4 Å². The number of ether oxygens (including phenoxy) is 1. The van der Waals surface area contributed by atoms with Gasteiger partial charge >= 0.3 is 0 Å². The summed E-state index contributed by atoms with van der Waals surface area (Å²) in [4.78, 5) is 4.46. The number of aromatic nitrogens is 1. The van der Waals surface area contributed by atoms with Crippen LogP contribution in [0, 0.1) is 25.5 Å². The minimum absolute atomic E-state index is 0.0348. The van der Waals surface area contributed by atoms with Crippen molar-refractivity contribution in [2.75, 3.05) is 0 Å². The van der Waals surface area contributed by atoms with Crippen molar-refractivity contribution < 1.29 is 13.5 Å². The monoisotopic (exact) mass is 305 g/mol. The van der Waals surface area contributed by atoms with Crippen LogP contribution in [0.15, 0.2) is 30.3 Å². The summed E-state index contributed by atoms with van der Waals surface area (Å²) in [7, 11) is 0. The first kappa shape index (κ1) is 13.9. The Morgan fingerprint density at radius 1 is 1.14 bits per heavy atom. The van der Waals surface area contributed by atoms with Gasteiger partial charge in [0.2, 0.25) is 0 Å². The number of rotatable bonds is 3. The fourth-order valence-electron chi connectivity index (χ4n) is 2.03. The summed E-state index contributed by atoms with van der Waals surface area (Å²) in [6, 6.07) is 8.53. The normalized spacial score (nSPS) is 11.0. The maximum Gasteiger partial charge on any atom is 0.170 e. The lowest BCUT2D eigenvalue weighted by Crippen LogP contribution is -1.99. The summed E-state index contributed by atoms with van der Waals surface area (Å²) in [5.74, 6) is -1.19. The molecular formula is C16H13F2NOS. The lowest BCUT2D eigenvalue weighted by Gasteiger charge is -2.07. The molecule has 2 aromatic carbocycles. The van der Waals surface area contributed by atoms with Crippen molar-refractivity contribution in [1.29, 1.82) is 0 Å². The molecular weight excluding hydrogens is 292 g/mol. The summed E-state index contributed by atoms with van der Waals surface area (Å²) < 4.78 is 33.5. The number of nitrogens with zero attached hydrogens (tertiary/aromatic N) is 1. The van der Waals surface area contributed by atoms with E-state index in [1.165, 1.54) is 30.4 Å².